The molecule has 1 aromatic carbocycles. The number of rotatable bonds is 0. The molecule has 0 radical (unpaired) electrons. The normalized spacial score (nSPS) is 9.75. The molecule has 0 saturated heterocycles. The van der Waals surface area contributed by atoms with Crippen LogP contribution in [0, 0.1) is 6.07 Å². The predicted molar refractivity (Wildman–Crippen MR) is 46.2 cm³/mol. The topological polar surface area (TPSA) is 30.9 Å². The molecular weight excluding hydrogens is 320 g/mol. The van der Waals surface area contributed by atoms with Crippen molar-refractivity contribution in [2.75, 3.05) is 5.73 Å². The van der Waals surface area contributed by atoms with Gasteiger partial charge in [0.1, 0.15) is 0 Å². The maximum Gasteiger partial charge on any atom is 0.0317 e. The molecule has 0 aliphatic heterocycles. The molecule has 0 aliphatic carbocycles. The van der Waals surface area contributed by atoms with Gasteiger partial charge in [-0.3, -0.25) is 0 Å². The second kappa shape index (κ2) is 3.32. The van der Waals surface area contributed by atoms with Crippen LogP contribution in [0.2, 0.25) is 0 Å². The molecule has 0 unspecified atom stereocenters. The standard InChI is InChI=1S/C9H9N2.W/c1-11-6-8(10)7-4-2-3-5-9(7)11;/h2,4-6H,10H2,1H3;/q-1;. The van der Waals surface area contributed by atoms with Gasteiger partial charge >= 0.3 is 0 Å². The minimum atomic E-state index is 0. The number of nitrogens with two attached hydrogens (primary N) is 1. The molecule has 0 bridgehead atoms. The molecule has 0 fully saturated rings. The van der Waals surface area contributed by atoms with Crippen LogP contribution >= 0.6 is 0 Å². The molecule has 0 spiro atoms. The summed E-state index contributed by atoms with van der Waals surface area (Å²) in [6.45, 7) is 0. The number of hydrogen-bond acceptors (Lipinski definition) is 1. The zero-order chi connectivity index (χ0) is 7.84. The Morgan fingerprint density at radius 1 is 1.50 bits per heavy atom. The minimum Gasteiger partial charge on any atom is -0.401 e. The molecule has 0 atom stereocenters. The first-order chi connectivity index (χ1) is 5.29. The van der Waals surface area contributed by atoms with Gasteiger partial charge in [-0.2, -0.15) is 24.3 Å². The molecule has 2 rings (SSSR count). The smallest absolute Gasteiger partial charge is 0.0317 e. The van der Waals surface area contributed by atoms with Gasteiger partial charge in [0, 0.05) is 32.9 Å². The molecule has 0 saturated carbocycles. The van der Waals surface area contributed by atoms with Crippen molar-refractivity contribution < 1.29 is 21.1 Å². The summed E-state index contributed by atoms with van der Waals surface area (Å²) in [6, 6.07) is 8.80. The van der Waals surface area contributed by atoms with Crippen LogP contribution in [0.15, 0.2) is 24.4 Å². The molecule has 1 heterocycles. The van der Waals surface area contributed by atoms with E-state index < -0.39 is 0 Å². The molecule has 2 nitrogen and oxygen atoms in total. The Kier molecular flexibility index (Phi) is 2.58. The summed E-state index contributed by atoms with van der Waals surface area (Å²) in [5.41, 5.74) is 7.70. The predicted octanol–water partition coefficient (Wildman–Crippen LogP) is 1.56. The summed E-state index contributed by atoms with van der Waals surface area (Å²) < 4.78 is 2.00. The van der Waals surface area contributed by atoms with Gasteiger partial charge in [0.05, 0.1) is 0 Å². The van der Waals surface area contributed by atoms with E-state index in [2.05, 4.69) is 6.07 Å². The monoisotopic (exact) mass is 329 g/mol. The molecule has 2 N–H and O–H groups in total. The third-order valence-corrected chi connectivity index (χ3v) is 1.87. The van der Waals surface area contributed by atoms with Gasteiger partial charge in [-0.25, -0.2) is 0 Å². The van der Waals surface area contributed by atoms with Gasteiger partial charge in [-0.1, -0.05) is 10.9 Å². The number of aromatic nitrogens is 1. The Labute approximate surface area is 85.6 Å². The van der Waals surface area contributed by atoms with Gasteiger partial charge in [0.15, 0.2) is 0 Å². The van der Waals surface area contributed by atoms with E-state index >= 15 is 0 Å². The zero-order valence-electron chi connectivity index (χ0n) is 6.74. The van der Waals surface area contributed by atoms with E-state index in [4.69, 9.17) is 5.73 Å². The number of benzene rings is 1. The van der Waals surface area contributed by atoms with Crippen molar-refractivity contribution in [2.24, 2.45) is 7.05 Å². The van der Waals surface area contributed by atoms with Crippen LogP contribution in [0.25, 0.3) is 10.9 Å². The average Bonchev–Trinajstić information content (AvgIpc) is 2.30. The second-order valence-electron chi connectivity index (χ2n) is 2.64. The zero-order valence-corrected chi connectivity index (χ0v) is 9.68. The number of hydrogen-bond donors (Lipinski definition) is 1. The van der Waals surface area contributed by atoms with E-state index in [0.717, 1.165) is 16.6 Å². The number of anilines is 1. The summed E-state index contributed by atoms with van der Waals surface area (Å²) >= 11 is 0. The first-order valence-electron chi connectivity index (χ1n) is 3.49. The third-order valence-electron chi connectivity index (χ3n) is 1.87. The molecule has 12 heavy (non-hydrogen) atoms. The largest absolute Gasteiger partial charge is 0.401 e. The first-order valence-corrected chi connectivity index (χ1v) is 3.49. The van der Waals surface area contributed by atoms with Crippen molar-refractivity contribution >= 4 is 16.6 Å². The molecule has 62 valence electrons. The molecule has 0 aliphatic rings. The Morgan fingerprint density at radius 3 is 2.92 bits per heavy atom. The average molecular weight is 329 g/mol. The Bertz CT molecular complexity index is 356. The van der Waals surface area contributed by atoms with Gasteiger partial charge in [-0.15, -0.1) is 0 Å². The Balaban J connectivity index is 0.000000720. The summed E-state index contributed by atoms with van der Waals surface area (Å²) in [5, 5.41) is 1.10. The number of nitrogen functional groups attached to an aromatic ring is 1. The van der Waals surface area contributed by atoms with Crippen LogP contribution in [-0.2, 0) is 28.1 Å². The van der Waals surface area contributed by atoms with Gasteiger partial charge in [0.25, 0.3) is 0 Å². The van der Waals surface area contributed by atoms with Crippen molar-refractivity contribution in [2.45, 2.75) is 0 Å². The van der Waals surface area contributed by atoms with Gasteiger partial charge in [0.2, 0.25) is 0 Å². The molecule has 1 aromatic heterocycles. The SMILES string of the molecule is Cn1cc(N)c2cc[c-]cc21.[W]. The number of fused-ring (bicyclic) bond motifs is 1. The van der Waals surface area contributed by atoms with E-state index in [9.17, 15) is 0 Å². The second-order valence-corrected chi connectivity index (χ2v) is 2.64. The van der Waals surface area contributed by atoms with Crippen LogP contribution in [-0.4, -0.2) is 4.57 Å². The summed E-state index contributed by atoms with van der Waals surface area (Å²) in [5.74, 6) is 0. The van der Waals surface area contributed by atoms with Crippen LogP contribution in [0.4, 0.5) is 5.69 Å². The van der Waals surface area contributed by atoms with E-state index in [0.29, 0.717) is 0 Å². The number of nitrogens with zero attached hydrogens (tertiary/aromatic N) is 1. The van der Waals surface area contributed by atoms with Crippen molar-refractivity contribution in [3.8, 4) is 0 Å². The van der Waals surface area contributed by atoms with Gasteiger partial charge < -0.3 is 10.3 Å². The maximum atomic E-state index is 5.74. The van der Waals surface area contributed by atoms with Crippen molar-refractivity contribution in [3.63, 3.8) is 0 Å². The Morgan fingerprint density at radius 2 is 2.25 bits per heavy atom. The van der Waals surface area contributed by atoms with Crippen molar-refractivity contribution in [3.05, 3.63) is 30.5 Å². The first kappa shape index (κ1) is 9.34. The Hall–Kier alpha value is -0.752. The van der Waals surface area contributed by atoms with Crippen molar-refractivity contribution in [1.82, 2.24) is 4.57 Å². The van der Waals surface area contributed by atoms with Crippen molar-refractivity contribution in [1.29, 1.82) is 0 Å². The molecular formula is C9H9N2W-. The fraction of sp³-hybridized carbons (Fsp3) is 0.111. The van der Waals surface area contributed by atoms with Crippen LogP contribution < -0.4 is 5.73 Å². The van der Waals surface area contributed by atoms with E-state index in [-0.39, 0.29) is 21.1 Å². The summed E-state index contributed by atoms with van der Waals surface area (Å²) in [4.78, 5) is 0. The maximum absolute atomic E-state index is 5.74. The van der Waals surface area contributed by atoms with Crippen LogP contribution in [0.1, 0.15) is 0 Å². The quantitative estimate of drug-likeness (QED) is 0.731. The van der Waals surface area contributed by atoms with Crippen LogP contribution in [0.5, 0.6) is 0 Å². The fourth-order valence-electron chi connectivity index (χ4n) is 1.31. The number of aryl methyl sites for hydroxylation is 1. The summed E-state index contributed by atoms with van der Waals surface area (Å²) in [6.07, 6.45) is 1.92. The van der Waals surface area contributed by atoms with Crippen LogP contribution in [0.3, 0.4) is 0 Å². The molecule has 3 heteroatoms. The van der Waals surface area contributed by atoms with E-state index in [1.54, 1.807) is 0 Å². The van der Waals surface area contributed by atoms with E-state index in [1.807, 2.05) is 36.0 Å². The molecule has 2 aromatic rings. The molecule has 0 amide bonds. The summed E-state index contributed by atoms with van der Waals surface area (Å²) in [7, 11) is 1.98. The van der Waals surface area contributed by atoms with Gasteiger partial charge in [-0.05, 0) is 7.05 Å². The third kappa shape index (κ3) is 1.27. The minimum absolute atomic E-state index is 0. The fourth-order valence-corrected chi connectivity index (χ4v) is 1.31. The van der Waals surface area contributed by atoms with E-state index in [1.165, 1.54) is 0 Å².